The van der Waals surface area contributed by atoms with Gasteiger partial charge in [-0.1, -0.05) is 13.8 Å². The molecule has 5 saturated carbocycles. The zero-order valence-corrected chi connectivity index (χ0v) is 12.8. The molecule has 5 aliphatic rings. The minimum Gasteiger partial charge on any atom is -0.460 e. The van der Waals surface area contributed by atoms with Crippen molar-refractivity contribution >= 4 is 5.97 Å². The molecule has 6 unspecified atom stereocenters. The van der Waals surface area contributed by atoms with E-state index in [1.807, 2.05) is 0 Å². The highest BCUT2D eigenvalue weighted by atomic mass is 16.6. The fourth-order valence-electron chi connectivity index (χ4n) is 7.33. The molecule has 0 heterocycles. The lowest BCUT2D eigenvalue weighted by Crippen LogP contribution is -2.46. The summed E-state index contributed by atoms with van der Waals surface area (Å²) in [6.45, 7) is 10.9. The normalized spacial score (nSPS) is 57.2. The Bertz CT molecular complexity index is 468. The van der Waals surface area contributed by atoms with Crippen LogP contribution in [0, 0.1) is 40.4 Å². The van der Waals surface area contributed by atoms with Crippen molar-refractivity contribution in [3.63, 3.8) is 0 Å². The van der Waals surface area contributed by atoms with Gasteiger partial charge in [-0.15, -0.1) is 0 Å². The van der Waals surface area contributed by atoms with Crippen LogP contribution < -0.4 is 0 Å². The van der Waals surface area contributed by atoms with Crippen LogP contribution in [0.15, 0.2) is 0 Å². The Labute approximate surface area is 116 Å². The van der Waals surface area contributed by atoms with Crippen molar-refractivity contribution in [1.82, 2.24) is 0 Å². The van der Waals surface area contributed by atoms with Crippen LogP contribution in [-0.2, 0) is 9.53 Å². The van der Waals surface area contributed by atoms with Gasteiger partial charge < -0.3 is 4.74 Å². The Morgan fingerprint density at radius 1 is 1.26 bits per heavy atom. The van der Waals surface area contributed by atoms with E-state index in [0.717, 1.165) is 23.7 Å². The van der Waals surface area contributed by atoms with E-state index in [-0.39, 0.29) is 11.6 Å². The third-order valence-electron chi connectivity index (χ3n) is 7.71. The van der Waals surface area contributed by atoms with Crippen LogP contribution in [0.1, 0.15) is 53.9 Å². The van der Waals surface area contributed by atoms with Crippen LogP contribution >= 0.6 is 0 Å². The summed E-state index contributed by atoms with van der Waals surface area (Å²) >= 11 is 0. The molecule has 2 nitrogen and oxygen atoms in total. The molecule has 5 aliphatic carbocycles. The number of carbonyl (C=O) groups is 1. The van der Waals surface area contributed by atoms with Crippen molar-refractivity contribution in [3.8, 4) is 0 Å². The number of hydrogen-bond acceptors (Lipinski definition) is 2. The fourth-order valence-corrected chi connectivity index (χ4v) is 7.33. The highest BCUT2D eigenvalue weighted by Gasteiger charge is 2.86. The molecule has 0 aromatic rings. The van der Waals surface area contributed by atoms with E-state index in [9.17, 15) is 4.79 Å². The smallest absolute Gasteiger partial charge is 0.303 e. The van der Waals surface area contributed by atoms with Crippen LogP contribution in [-0.4, -0.2) is 11.6 Å². The molecule has 6 bridgehead atoms. The molecular formula is C17H26O2. The lowest BCUT2D eigenvalue weighted by molar-refractivity contribution is -0.165. The highest BCUT2D eigenvalue weighted by molar-refractivity contribution is 5.66. The Morgan fingerprint density at radius 2 is 1.95 bits per heavy atom. The number of hydrogen-bond donors (Lipinski definition) is 0. The average molecular weight is 262 g/mol. The van der Waals surface area contributed by atoms with Crippen molar-refractivity contribution in [3.05, 3.63) is 0 Å². The minimum absolute atomic E-state index is 0.124. The Hall–Kier alpha value is -0.530. The van der Waals surface area contributed by atoms with Gasteiger partial charge in [0.2, 0.25) is 0 Å². The number of esters is 1. The molecule has 0 amide bonds. The van der Waals surface area contributed by atoms with Gasteiger partial charge in [0.05, 0.1) is 0 Å². The Morgan fingerprint density at radius 3 is 2.53 bits per heavy atom. The predicted octanol–water partition coefficient (Wildman–Crippen LogP) is 3.65. The van der Waals surface area contributed by atoms with E-state index in [2.05, 4.69) is 27.7 Å². The summed E-state index contributed by atoms with van der Waals surface area (Å²) in [5.74, 6) is 4.12. The molecule has 0 aromatic carbocycles. The highest BCUT2D eigenvalue weighted by Crippen LogP contribution is 2.91. The van der Waals surface area contributed by atoms with Gasteiger partial charge in [-0.2, -0.15) is 0 Å². The van der Waals surface area contributed by atoms with E-state index >= 15 is 0 Å². The fraction of sp³-hybridized carbons (Fsp3) is 0.941. The monoisotopic (exact) mass is 262 g/mol. The van der Waals surface area contributed by atoms with Crippen LogP contribution in [0.5, 0.6) is 0 Å². The third kappa shape index (κ3) is 1.14. The van der Waals surface area contributed by atoms with Crippen molar-refractivity contribution in [2.75, 3.05) is 0 Å². The molecule has 106 valence electrons. The van der Waals surface area contributed by atoms with Crippen molar-refractivity contribution in [2.24, 2.45) is 40.4 Å². The summed E-state index contributed by atoms with van der Waals surface area (Å²) < 4.78 is 5.70. The summed E-state index contributed by atoms with van der Waals surface area (Å²) in [4.78, 5) is 11.4. The minimum atomic E-state index is -0.286. The molecule has 0 aromatic heterocycles. The largest absolute Gasteiger partial charge is 0.460 e. The molecule has 0 saturated heterocycles. The summed E-state index contributed by atoms with van der Waals surface area (Å²) in [6.07, 6.45) is 4.05. The van der Waals surface area contributed by atoms with E-state index in [1.54, 1.807) is 6.92 Å². The number of carbonyl (C=O) groups excluding carboxylic acids is 1. The van der Waals surface area contributed by atoms with E-state index in [1.165, 1.54) is 19.3 Å². The SMILES string of the molecule is CC(=O)OC(C)(C)[C@H]1CCC2(C)C3CC4C2C4(C)C31. The Balaban J connectivity index is 1.69. The molecule has 7 atom stereocenters. The summed E-state index contributed by atoms with van der Waals surface area (Å²) in [5.41, 5.74) is 0.913. The first-order valence-electron chi connectivity index (χ1n) is 7.92. The van der Waals surface area contributed by atoms with Gasteiger partial charge in [-0.05, 0) is 67.6 Å². The van der Waals surface area contributed by atoms with Crippen LogP contribution in [0.25, 0.3) is 0 Å². The topological polar surface area (TPSA) is 26.3 Å². The van der Waals surface area contributed by atoms with Gasteiger partial charge >= 0.3 is 5.97 Å². The molecule has 5 fully saturated rings. The van der Waals surface area contributed by atoms with Crippen LogP contribution in [0.2, 0.25) is 0 Å². The Kier molecular flexibility index (Phi) is 1.96. The second kappa shape index (κ2) is 3.04. The summed E-state index contributed by atoms with van der Waals surface area (Å²) in [7, 11) is 0. The predicted molar refractivity (Wildman–Crippen MR) is 73.4 cm³/mol. The lowest BCUT2D eigenvalue weighted by atomic mass is 9.60. The van der Waals surface area contributed by atoms with Crippen molar-refractivity contribution in [1.29, 1.82) is 0 Å². The van der Waals surface area contributed by atoms with Gasteiger partial charge in [0.1, 0.15) is 5.60 Å². The van der Waals surface area contributed by atoms with E-state index in [4.69, 9.17) is 4.74 Å². The lowest BCUT2D eigenvalue weighted by Gasteiger charge is -2.47. The van der Waals surface area contributed by atoms with Gasteiger partial charge in [0, 0.05) is 12.8 Å². The summed E-state index contributed by atoms with van der Waals surface area (Å²) in [6, 6.07) is 0. The van der Waals surface area contributed by atoms with E-state index in [0.29, 0.717) is 16.7 Å². The quantitative estimate of drug-likeness (QED) is 0.710. The summed E-state index contributed by atoms with van der Waals surface area (Å²) in [5, 5.41) is 0. The molecule has 0 radical (unpaired) electrons. The molecule has 0 spiro atoms. The standard InChI is InChI=1S/C17H26O2/c1-9(18)19-15(2,3)10-6-7-16(4)11-8-12-14(16)17(12,5)13(10)11/h10-14H,6-8H2,1-5H3/t10-,11?,12?,13?,14?,16?,17?/m0/s1. The zero-order chi connectivity index (χ0) is 13.8. The second-order valence-corrected chi connectivity index (χ2v) is 8.67. The first-order valence-corrected chi connectivity index (χ1v) is 7.92. The molecular weight excluding hydrogens is 236 g/mol. The maximum atomic E-state index is 11.4. The van der Waals surface area contributed by atoms with Gasteiger partial charge in [0.25, 0.3) is 0 Å². The molecule has 2 heteroatoms. The maximum Gasteiger partial charge on any atom is 0.303 e. The molecule has 0 aliphatic heterocycles. The van der Waals surface area contributed by atoms with Crippen LogP contribution in [0.4, 0.5) is 0 Å². The van der Waals surface area contributed by atoms with Gasteiger partial charge in [-0.3, -0.25) is 4.79 Å². The first kappa shape index (κ1) is 12.2. The maximum absolute atomic E-state index is 11.4. The van der Waals surface area contributed by atoms with Crippen molar-refractivity contribution < 1.29 is 9.53 Å². The second-order valence-electron chi connectivity index (χ2n) is 8.67. The number of ether oxygens (including phenoxy) is 1. The molecule has 5 rings (SSSR count). The average Bonchev–Trinajstić information content (AvgIpc) is 2.53. The molecule has 0 N–H and O–H groups in total. The van der Waals surface area contributed by atoms with Gasteiger partial charge in [-0.25, -0.2) is 0 Å². The van der Waals surface area contributed by atoms with Crippen LogP contribution in [0.3, 0.4) is 0 Å². The zero-order valence-electron chi connectivity index (χ0n) is 12.8. The van der Waals surface area contributed by atoms with Crippen molar-refractivity contribution in [2.45, 2.75) is 59.5 Å². The van der Waals surface area contributed by atoms with Gasteiger partial charge in [0.15, 0.2) is 0 Å². The number of rotatable bonds is 2. The third-order valence-corrected chi connectivity index (χ3v) is 7.71. The first-order chi connectivity index (χ1) is 8.73. The van der Waals surface area contributed by atoms with E-state index < -0.39 is 0 Å². The molecule has 19 heavy (non-hydrogen) atoms.